The molecule has 0 atom stereocenters. The number of hydrogen-bond acceptors (Lipinski definition) is 0. The topological polar surface area (TPSA) is 0 Å². The summed E-state index contributed by atoms with van der Waals surface area (Å²) in [5.41, 5.74) is 0. The van der Waals surface area contributed by atoms with E-state index >= 15 is 0 Å². The van der Waals surface area contributed by atoms with Crippen LogP contribution in [0.3, 0.4) is 0 Å². The van der Waals surface area contributed by atoms with Crippen molar-refractivity contribution in [1.29, 1.82) is 0 Å². The van der Waals surface area contributed by atoms with Gasteiger partial charge in [0.15, 0.2) is 0 Å². The molecule has 7 heteroatoms. The second-order valence-electron chi connectivity index (χ2n) is 0. The molecule has 7 radical (unpaired) electrons. The van der Waals surface area contributed by atoms with E-state index in [1.54, 1.807) is 0 Å². The van der Waals surface area contributed by atoms with Crippen molar-refractivity contribution >= 4 is 8.41 Å². The Morgan fingerprint density at radius 3 is 1.00 bits per heavy atom. The van der Waals surface area contributed by atoms with Crippen molar-refractivity contribution in [3.05, 3.63) is 0 Å². The fraction of sp³-hybridized carbons (Fsp3) is 0. The van der Waals surface area contributed by atoms with Crippen LogP contribution >= 0.6 is 0 Å². The first kappa shape index (κ1) is 59.4. The summed E-state index contributed by atoms with van der Waals surface area (Å²) < 4.78 is 0. The number of rotatable bonds is 0. The molecule has 0 aromatic rings. The molecule has 0 fully saturated rings. The first-order chi connectivity index (χ1) is 0. The normalized spacial score (nSPS) is 0. The standard InChI is InChI=1S/B.Co.Cr.Pt.Re.Tb.Y. The zero-order chi connectivity index (χ0) is 0. The molecule has 7 heavy (non-hydrogen) atoms. The van der Waals surface area contributed by atoms with Gasteiger partial charge in [-0.2, -0.15) is 0 Å². The Morgan fingerprint density at radius 1 is 1.00 bits per heavy atom. The Morgan fingerprint density at radius 2 is 1.00 bits per heavy atom. The van der Waals surface area contributed by atoms with Crippen molar-refractivity contribution in [1.82, 2.24) is 0 Å². The molecule has 47 valence electrons. The van der Waals surface area contributed by atoms with Gasteiger partial charge in [0, 0.05) is 155 Å². The molecule has 0 spiro atoms. The molecule has 0 nitrogen and oxygen atoms in total. The van der Waals surface area contributed by atoms with Gasteiger partial charge in [-0.1, -0.05) is 0 Å². The predicted molar refractivity (Wildman–Crippen MR) is 5.75 cm³/mol. The van der Waals surface area contributed by atoms with E-state index in [2.05, 4.69) is 0 Å². The van der Waals surface area contributed by atoms with E-state index in [-0.39, 0.29) is 155 Å². The minimum Gasteiger partial charge on any atom is 0 e. The summed E-state index contributed by atoms with van der Waals surface area (Å²) in [6.45, 7) is 0. The predicted octanol–water partition coefficient (Wildman–Crippen LogP) is -0.393. The summed E-state index contributed by atoms with van der Waals surface area (Å²) >= 11 is 0. The maximum atomic E-state index is 0. The van der Waals surface area contributed by atoms with Crippen LogP contribution in [0.1, 0.15) is 0 Å². The molecule has 0 saturated heterocycles. The molecule has 0 rings (SSSR count). The van der Waals surface area contributed by atoms with Crippen LogP contribution in [0, 0.1) is 38.6 Å². The average molecular weight is 751 g/mol. The molecular weight excluding hydrogens is 751 g/mol. The van der Waals surface area contributed by atoms with Crippen LogP contribution in [-0.4, -0.2) is 8.41 Å². The van der Waals surface area contributed by atoms with Gasteiger partial charge in [-0.3, -0.25) is 0 Å². The molecule has 0 aliphatic rings. The van der Waals surface area contributed by atoms with Crippen molar-refractivity contribution in [2.45, 2.75) is 0 Å². The molecule has 0 aromatic carbocycles. The fourth-order valence-corrected chi connectivity index (χ4v) is 0. The fourth-order valence-electron chi connectivity index (χ4n) is 0. The maximum absolute atomic E-state index is 0. The Kier molecular flexibility index (Phi) is 380. The Bertz CT molecular complexity index is 19.7. The molecular formula is BCoCrPtReTbY. The third-order valence-electron chi connectivity index (χ3n) is 0. The van der Waals surface area contributed by atoms with Crippen molar-refractivity contribution in [3.63, 3.8) is 0 Å². The Hall–Kier alpha value is 4.84. The SMILES string of the molecule is [B].[Co].[Cr].[Pt].[Re].[Tb].[Y]. The zero-order valence-corrected chi connectivity index (χ0v) is 15.2. The van der Waals surface area contributed by atoms with E-state index in [9.17, 15) is 0 Å². The van der Waals surface area contributed by atoms with Crippen molar-refractivity contribution < 1.29 is 147 Å². The smallest absolute Gasteiger partial charge is 0 e. The van der Waals surface area contributed by atoms with Crippen LogP contribution in [-0.2, 0) is 108 Å². The molecule has 0 bridgehead atoms. The summed E-state index contributed by atoms with van der Waals surface area (Å²) in [4.78, 5) is 0. The van der Waals surface area contributed by atoms with E-state index in [1.807, 2.05) is 0 Å². The molecule has 0 aliphatic heterocycles. The average Bonchev–Trinajstić information content (AvgIpc) is 0. The number of hydrogen-bond donors (Lipinski definition) is 0. The summed E-state index contributed by atoms with van der Waals surface area (Å²) in [5, 5.41) is 0. The quantitative estimate of drug-likeness (QED) is 0.297. The zero-order valence-electron chi connectivity index (χ0n) is 2.92. The third-order valence-corrected chi connectivity index (χ3v) is 0. The van der Waals surface area contributed by atoms with Gasteiger partial charge in [-0.15, -0.1) is 0 Å². The van der Waals surface area contributed by atoms with Crippen LogP contribution in [0.25, 0.3) is 0 Å². The van der Waals surface area contributed by atoms with Crippen LogP contribution < -0.4 is 0 Å². The maximum Gasteiger partial charge on any atom is 0 e. The van der Waals surface area contributed by atoms with Gasteiger partial charge >= 0.3 is 0 Å². The molecule has 0 aliphatic carbocycles. The molecule has 0 N–H and O–H groups in total. The van der Waals surface area contributed by atoms with E-state index in [4.69, 9.17) is 0 Å². The van der Waals surface area contributed by atoms with Crippen molar-refractivity contribution in [2.75, 3.05) is 0 Å². The summed E-state index contributed by atoms with van der Waals surface area (Å²) in [6, 6.07) is 0. The van der Waals surface area contributed by atoms with Gasteiger partial charge in [-0.25, -0.2) is 0 Å². The summed E-state index contributed by atoms with van der Waals surface area (Å²) in [6.07, 6.45) is 0. The van der Waals surface area contributed by atoms with Crippen molar-refractivity contribution in [2.24, 2.45) is 0 Å². The van der Waals surface area contributed by atoms with Crippen molar-refractivity contribution in [3.8, 4) is 0 Å². The molecule has 0 aromatic heterocycles. The minimum atomic E-state index is 0. The first-order valence-electron chi connectivity index (χ1n) is 0. The second kappa shape index (κ2) is 44.8. The molecule has 0 amide bonds. The van der Waals surface area contributed by atoms with Crippen LogP contribution in [0.15, 0.2) is 0 Å². The monoisotopic (exact) mass is 752 g/mol. The first-order valence-corrected chi connectivity index (χ1v) is 0. The van der Waals surface area contributed by atoms with Gasteiger partial charge < -0.3 is 0 Å². The third kappa shape index (κ3) is 36.1. The van der Waals surface area contributed by atoms with Gasteiger partial charge in [-0.05, 0) is 0 Å². The Balaban J connectivity index is 0. The summed E-state index contributed by atoms with van der Waals surface area (Å²) in [5.74, 6) is 0. The van der Waals surface area contributed by atoms with Gasteiger partial charge in [0.25, 0.3) is 0 Å². The van der Waals surface area contributed by atoms with E-state index < -0.39 is 0 Å². The van der Waals surface area contributed by atoms with Gasteiger partial charge in [0.05, 0.1) is 0 Å². The van der Waals surface area contributed by atoms with Crippen LogP contribution in [0.2, 0.25) is 0 Å². The van der Waals surface area contributed by atoms with Gasteiger partial charge in [0.1, 0.15) is 0 Å². The largest absolute Gasteiger partial charge is 0 e. The van der Waals surface area contributed by atoms with E-state index in [1.165, 1.54) is 0 Å². The van der Waals surface area contributed by atoms with Crippen LogP contribution in [0.5, 0.6) is 0 Å². The van der Waals surface area contributed by atoms with Crippen LogP contribution in [0.4, 0.5) is 0 Å². The minimum absolute atomic E-state index is 0. The van der Waals surface area contributed by atoms with E-state index in [0.29, 0.717) is 0 Å². The Labute approximate surface area is 151 Å². The molecule has 0 saturated carbocycles. The van der Waals surface area contributed by atoms with E-state index in [0.717, 1.165) is 0 Å². The van der Waals surface area contributed by atoms with Gasteiger partial charge in [0.2, 0.25) is 0 Å². The molecule has 0 heterocycles. The summed E-state index contributed by atoms with van der Waals surface area (Å²) in [7, 11) is 0. The second-order valence-corrected chi connectivity index (χ2v) is 0. The molecule has 0 unspecified atom stereocenters.